The van der Waals surface area contributed by atoms with Gasteiger partial charge in [-0.05, 0) is 67.6 Å². The normalized spacial score (nSPS) is 32.0. The van der Waals surface area contributed by atoms with E-state index in [0.717, 1.165) is 25.2 Å². The smallest absolute Gasteiger partial charge is 0.342 e. The predicted octanol–water partition coefficient (Wildman–Crippen LogP) is 3.08. The largest absolute Gasteiger partial charge is 0.497 e. The summed E-state index contributed by atoms with van der Waals surface area (Å²) in [6, 6.07) is 6.34. The summed E-state index contributed by atoms with van der Waals surface area (Å²) in [7, 11) is 2.70. The van der Waals surface area contributed by atoms with E-state index in [1.54, 1.807) is 30.5 Å². The van der Waals surface area contributed by atoms with E-state index in [4.69, 9.17) is 33.2 Å². The number of allylic oxidation sites excluding steroid dienone is 1. The van der Waals surface area contributed by atoms with E-state index in [1.165, 1.54) is 66.2 Å². The maximum atomic E-state index is 15.5. The van der Waals surface area contributed by atoms with Crippen LogP contribution in [0.4, 0.5) is 0 Å². The summed E-state index contributed by atoms with van der Waals surface area (Å²) in [5.41, 5.74) is -8.14. The highest BCUT2D eigenvalue weighted by Crippen LogP contribution is 2.64. The first-order chi connectivity index (χ1) is 29.1. The molecule has 2 bridgehead atoms. The molecular weight excluding hydrogens is 831 g/mol. The fourth-order valence-electron chi connectivity index (χ4n) is 9.88. The average molecular weight is 884 g/mol. The molecule has 0 radical (unpaired) electrons. The van der Waals surface area contributed by atoms with Gasteiger partial charge < -0.3 is 53.8 Å². The van der Waals surface area contributed by atoms with Gasteiger partial charge in [0.05, 0.1) is 38.3 Å². The first-order valence-corrected chi connectivity index (χ1v) is 20.9. The quantitative estimate of drug-likeness (QED) is 0.104. The highest BCUT2D eigenvalue weighted by atomic mass is 32.1. The molecular formula is C44H53NO16S. The number of hydrogen-bond donors (Lipinski definition) is 4. The number of ketones is 1. The number of carbonyl (C=O) groups excluding carboxylic acids is 6. The summed E-state index contributed by atoms with van der Waals surface area (Å²) in [5.74, 6) is -6.86. The van der Waals surface area contributed by atoms with Gasteiger partial charge in [0.25, 0.3) is 0 Å². The lowest BCUT2D eigenvalue weighted by molar-refractivity contribution is -0.346. The molecule has 1 aromatic carbocycles. The molecule has 4 aliphatic rings. The molecule has 1 aromatic heterocycles. The molecule has 1 saturated heterocycles. The molecule has 2 aromatic rings. The minimum Gasteiger partial charge on any atom is -0.497 e. The van der Waals surface area contributed by atoms with Crippen molar-refractivity contribution in [3.05, 3.63) is 69.5 Å². The number of aliphatic hydroxyl groups is 3. The second-order valence-electron chi connectivity index (χ2n) is 16.8. The third-order valence-corrected chi connectivity index (χ3v) is 14.0. The molecule has 11 atom stereocenters. The van der Waals surface area contributed by atoms with Crippen LogP contribution in [-0.4, -0.2) is 120 Å². The summed E-state index contributed by atoms with van der Waals surface area (Å²) in [6.07, 6.45) is -8.09. The van der Waals surface area contributed by atoms with Crippen LogP contribution in [-0.2, 0) is 47.7 Å². The molecule has 4 N–H and O–H groups in total. The number of esters is 4. The topological polar surface area (TPSA) is 240 Å². The molecule has 2 saturated carbocycles. The van der Waals surface area contributed by atoms with Gasteiger partial charge in [-0.2, -0.15) is 0 Å². The van der Waals surface area contributed by atoms with Crippen LogP contribution in [0.25, 0.3) is 0 Å². The Morgan fingerprint density at radius 2 is 1.73 bits per heavy atom. The first kappa shape index (κ1) is 46.4. The van der Waals surface area contributed by atoms with Gasteiger partial charge in [-0.1, -0.05) is 26.0 Å². The number of Topliss-reactive ketones (excluding diaryl/α,β-unsaturated/α-hetero) is 1. The highest BCUT2D eigenvalue weighted by molar-refractivity contribution is 7.10. The van der Waals surface area contributed by atoms with Gasteiger partial charge >= 0.3 is 23.9 Å². The zero-order chi connectivity index (χ0) is 45.7. The molecule has 0 spiro atoms. The van der Waals surface area contributed by atoms with Crippen molar-refractivity contribution in [1.29, 1.82) is 0 Å². The number of fused-ring (bicyclic) bond motifs is 5. The van der Waals surface area contributed by atoms with Crippen LogP contribution in [0.15, 0.2) is 59.0 Å². The van der Waals surface area contributed by atoms with E-state index in [1.807, 2.05) is 0 Å². The number of hydrogen-bond acceptors (Lipinski definition) is 17. The van der Waals surface area contributed by atoms with Gasteiger partial charge in [0, 0.05) is 37.0 Å². The monoisotopic (exact) mass is 883 g/mol. The van der Waals surface area contributed by atoms with Crippen molar-refractivity contribution in [1.82, 2.24) is 5.32 Å². The number of benzene rings is 1. The molecule has 62 heavy (non-hydrogen) atoms. The average Bonchev–Trinajstić information content (AvgIpc) is 3.75. The lowest BCUT2D eigenvalue weighted by atomic mass is 9.44. The van der Waals surface area contributed by atoms with Crippen LogP contribution in [0, 0.1) is 16.7 Å². The number of thiophene rings is 1. The maximum Gasteiger partial charge on any atom is 0.342 e. The summed E-state index contributed by atoms with van der Waals surface area (Å²) in [4.78, 5) is 83.6. The van der Waals surface area contributed by atoms with Gasteiger partial charge in [0.2, 0.25) is 5.91 Å². The molecule has 0 unspecified atom stereocenters. The van der Waals surface area contributed by atoms with Crippen molar-refractivity contribution in [2.24, 2.45) is 16.7 Å². The number of ether oxygens (including phenoxy) is 7. The third-order valence-electron chi connectivity index (χ3n) is 13.1. The highest BCUT2D eigenvalue weighted by Gasteiger charge is 2.78. The Balaban J connectivity index is 1.59. The van der Waals surface area contributed by atoms with E-state index in [9.17, 15) is 39.3 Å². The second kappa shape index (κ2) is 17.2. The van der Waals surface area contributed by atoms with E-state index < -0.39 is 113 Å². The summed E-state index contributed by atoms with van der Waals surface area (Å²) in [6.45, 7) is 9.43. The molecule has 1 aliphatic heterocycles. The Morgan fingerprint density at radius 3 is 2.29 bits per heavy atom. The van der Waals surface area contributed by atoms with Gasteiger partial charge in [-0.25, -0.2) is 9.59 Å². The SMILES string of the molecule is C/C=C/C(=O)N[C@@H](c1cccs1)[C@@H](O)C(=O)O[C@H]1C[C@@]2(O)[C@@H](OC(=O)c3cc(OC)ccc3OC)[C@@H]3[C@]4(OC(C)=O)CO[C@@H]4C[C@H](O)[C@@]3(C)C(=O)[C@H](OC(C)=O)C(=C1C)C2(C)C. The van der Waals surface area contributed by atoms with Crippen LogP contribution in [0.5, 0.6) is 11.5 Å². The standard InChI is InChI=1S/C44H53NO16S/c1-10-12-31(49)45-33(28-13-11-16-62-28)34(50)40(53)59-27-19-44(54)38(60-39(52)25-17-24(55-8)14-15-26(25)56-9)36-42(7,29(48)18-30-43(36,20-57-30)61-23(4)47)37(51)35(58-22(3)46)32(21(27)2)41(44,5)6/h10-17,27,29-30,33-36,38,48,50,54H,18-20H2,1-9H3,(H,45,49)/b12-10+/t27-,29-,30+,33-,34+,35+,36-,38-,42+,43-,44+/m0/s1. The lowest BCUT2D eigenvalue weighted by Gasteiger charge is -2.67. The molecule has 1 amide bonds. The Bertz CT molecular complexity index is 2180. The zero-order valence-electron chi connectivity index (χ0n) is 35.9. The lowest BCUT2D eigenvalue weighted by Crippen LogP contribution is -2.82. The Hall–Kier alpha value is -5.14. The van der Waals surface area contributed by atoms with Crippen molar-refractivity contribution in [3.8, 4) is 11.5 Å². The van der Waals surface area contributed by atoms with E-state index in [0.29, 0.717) is 4.88 Å². The van der Waals surface area contributed by atoms with Gasteiger partial charge in [-0.15, -0.1) is 11.3 Å². The Labute approximate surface area is 362 Å². The number of methoxy groups -OCH3 is 2. The fraction of sp³-hybridized carbons (Fsp3) is 0.545. The van der Waals surface area contributed by atoms with Gasteiger partial charge in [-0.3, -0.25) is 19.2 Å². The maximum absolute atomic E-state index is 15.5. The molecule has 18 heteroatoms. The Kier molecular flexibility index (Phi) is 12.9. The number of rotatable bonds is 12. The van der Waals surface area contributed by atoms with Crippen molar-refractivity contribution in [2.75, 3.05) is 20.8 Å². The number of nitrogens with one attached hydrogen (secondary N) is 1. The summed E-state index contributed by atoms with van der Waals surface area (Å²) < 4.78 is 41.2. The van der Waals surface area contributed by atoms with Gasteiger partial charge in [0.15, 0.2) is 23.6 Å². The van der Waals surface area contributed by atoms with E-state index >= 15 is 4.79 Å². The molecule has 3 aliphatic carbocycles. The van der Waals surface area contributed by atoms with Gasteiger partial charge in [0.1, 0.15) is 47.0 Å². The Morgan fingerprint density at radius 1 is 1.02 bits per heavy atom. The number of carbonyl (C=O) groups is 6. The van der Waals surface area contributed by atoms with Crippen LogP contribution >= 0.6 is 11.3 Å². The van der Waals surface area contributed by atoms with Crippen LogP contribution in [0.2, 0.25) is 0 Å². The molecule has 336 valence electrons. The summed E-state index contributed by atoms with van der Waals surface area (Å²) >= 11 is 1.16. The molecule has 3 fully saturated rings. The van der Waals surface area contributed by atoms with Crippen LogP contribution in [0.1, 0.15) is 82.6 Å². The van der Waals surface area contributed by atoms with E-state index in [-0.39, 0.29) is 41.2 Å². The third kappa shape index (κ3) is 7.58. The second-order valence-corrected chi connectivity index (χ2v) is 17.8. The predicted molar refractivity (Wildman–Crippen MR) is 218 cm³/mol. The van der Waals surface area contributed by atoms with Crippen molar-refractivity contribution in [3.63, 3.8) is 0 Å². The van der Waals surface area contributed by atoms with Crippen molar-refractivity contribution in [2.45, 2.75) is 115 Å². The molecule has 2 heterocycles. The molecule has 6 rings (SSSR count). The van der Waals surface area contributed by atoms with Crippen LogP contribution < -0.4 is 14.8 Å². The minimum absolute atomic E-state index is 0.0321. The number of aliphatic hydroxyl groups excluding tert-OH is 2. The van der Waals surface area contributed by atoms with Crippen molar-refractivity contribution >= 4 is 46.9 Å². The minimum atomic E-state index is -2.46. The molecule has 17 nitrogen and oxygen atoms in total. The zero-order valence-corrected chi connectivity index (χ0v) is 36.7. The van der Waals surface area contributed by atoms with E-state index in [2.05, 4.69) is 5.32 Å². The fourth-order valence-corrected chi connectivity index (χ4v) is 10.7. The first-order valence-electron chi connectivity index (χ1n) is 20.0. The summed E-state index contributed by atoms with van der Waals surface area (Å²) in [5, 5.41) is 41.7. The number of amides is 1. The van der Waals surface area contributed by atoms with Crippen LogP contribution in [0.3, 0.4) is 0 Å². The van der Waals surface area contributed by atoms with Crippen molar-refractivity contribution < 1.29 is 77.2 Å².